The second-order valence-corrected chi connectivity index (χ2v) is 3.67. The number of nitrogens with zero attached hydrogens (tertiary/aromatic N) is 5. The number of fused-ring (bicyclic) bond motifs is 1. The molecule has 0 radical (unpaired) electrons. The molecule has 0 aliphatic carbocycles. The number of rotatable bonds is 1. The zero-order chi connectivity index (χ0) is 11.1. The van der Waals surface area contributed by atoms with Gasteiger partial charge in [-0.1, -0.05) is 16.8 Å². The van der Waals surface area contributed by atoms with E-state index < -0.39 is 0 Å². The lowest BCUT2D eigenvalue weighted by Crippen LogP contribution is -1.90. The third-order valence-electron chi connectivity index (χ3n) is 2.12. The summed E-state index contributed by atoms with van der Waals surface area (Å²) in [6.07, 6.45) is 1.55. The Morgan fingerprint density at radius 2 is 2.19 bits per heavy atom. The molecule has 0 spiro atoms. The van der Waals surface area contributed by atoms with Crippen molar-refractivity contribution >= 4 is 17.2 Å². The van der Waals surface area contributed by atoms with Crippen molar-refractivity contribution < 1.29 is 4.52 Å². The highest BCUT2D eigenvalue weighted by Crippen LogP contribution is 2.18. The van der Waals surface area contributed by atoms with E-state index in [-0.39, 0.29) is 0 Å². The molecule has 6 nitrogen and oxygen atoms in total. The Kier molecular flexibility index (Phi) is 1.90. The van der Waals surface area contributed by atoms with E-state index >= 15 is 0 Å². The van der Waals surface area contributed by atoms with Crippen molar-refractivity contribution in [1.29, 1.82) is 0 Å². The van der Waals surface area contributed by atoms with Crippen LogP contribution in [0.3, 0.4) is 0 Å². The fourth-order valence-electron chi connectivity index (χ4n) is 1.42. The molecule has 0 unspecified atom stereocenters. The monoisotopic (exact) mass is 235 g/mol. The summed E-state index contributed by atoms with van der Waals surface area (Å²) >= 11 is 5.75. The van der Waals surface area contributed by atoms with E-state index in [1.165, 1.54) is 0 Å². The van der Waals surface area contributed by atoms with Gasteiger partial charge < -0.3 is 4.52 Å². The fourth-order valence-corrected chi connectivity index (χ4v) is 1.56. The van der Waals surface area contributed by atoms with Gasteiger partial charge in [-0.25, -0.2) is 4.98 Å². The third kappa shape index (κ3) is 1.35. The van der Waals surface area contributed by atoms with Gasteiger partial charge in [-0.15, -0.1) is 10.2 Å². The summed E-state index contributed by atoms with van der Waals surface area (Å²) in [5.41, 5.74) is 1.24. The molecule has 0 fully saturated rings. The summed E-state index contributed by atoms with van der Waals surface area (Å²) in [4.78, 5) is 3.96. The smallest absolute Gasteiger partial charge is 0.191 e. The summed E-state index contributed by atoms with van der Waals surface area (Å²) in [6.45, 7) is 1.81. The first-order chi connectivity index (χ1) is 7.74. The molecule has 80 valence electrons. The number of hydrogen-bond acceptors (Lipinski definition) is 5. The topological polar surface area (TPSA) is 69.1 Å². The minimum absolute atomic E-state index is 0.378. The van der Waals surface area contributed by atoms with Crippen LogP contribution in [0.4, 0.5) is 0 Å². The Bertz CT molecular complexity index is 659. The molecule has 0 aromatic carbocycles. The van der Waals surface area contributed by atoms with Crippen LogP contribution < -0.4 is 0 Å². The lowest BCUT2D eigenvalue weighted by molar-refractivity contribution is 0.399. The van der Waals surface area contributed by atoms with Crippen LogP contribution in [0.25, 0.3) is 17.2 Å². The molecular formula is C9H6ClN5O. The van der Waals surface area contributed by atoms with Crippen molar-refractivity contribution in [3.63, 3.8) is 0 Å². The van der Waals surface area contributed by atoms with Gasteiger partial charge in [0.15, 0.2) is 17.2 Å². The quantitative estimate of drug-likeness (QED) is 0.601. The van der Waals surface area contributed by atoms with Gasteiger partial charge >= 0.3 is 0 Å². The first-order valence-electron chi connectivity index (χ1n) is 4.54. The standard InChI is InChI=1S/C9H6ClN5O/c1-5-2-6(14-16-5)9-13-12-8-3-7(10)11-4-15(8)9/h2-4H,1H3. The predicted molar refractivity (Wildman–Crippen MR) is 56.0 cm³/mol. The third-order valence-corrected chi connectivity index (χ3v) is 2.33. The van der Waals surface area contributed by atoms with E-state index in [4.69, 9.17) is 16.1 Å². The average Bonchev–Trinajstić information content (AvgIpc) is 2.83. The molecule has 3 rings (SSSR count). The SMILES string of the molecule is Cc1cc(-c2nnc3cc(Cl)ncn23)no1. The maximum absolute atomic E-state index is 5.75. The fraction of sp³-hybridized carbons (Fsp3) is 0.111. The Morgan fingerprint density at radius 3 is 2.94 bits per heavy atom. The number of hydrogen-bond donors (Lipinski definition) is 0. The molecule has 0 saturated carbocycles. The molecule has 0 aliphatic rings. The summed E-state index contributed by atoms with van der Waals surface area (Å²) in [5.74, 6) is 1.30. The number of aryl methyl sites for hydroxylation is 1. The summed E-state index contributed by atoms with van der Waals surface area (Å²) < 4.78 is 6.68. The highest BCUT2D eigenvalue weighted by Gasteiger charge is 2.12. The van der Waals surface area contributed by atoms with E-state index in [0.717, 1.165) is 0 Å². The molecule has 0 saturated heterocycles. The van der Waals surface area contributed by atoms with Crippen LogP contribution in [0, 0.1) is 6.92 Å². The van der Waals surface area contributed by atoms with Crippen LogP contribution in [0.1, 0.15) is 5.76 Å². The normalized spacial score (nSPS) is 11.1. The molecule has 16 heavy (non-hydrogen) atoms. The van der Waals surface area contributed by atoms with Crippen molar-refractivity contribution in [2.75, 3.05) is 0 Å². The number of aromatic nitrogens is 5. The minimum Gasteiger partial charge on any atom is -0.361 e. The molecule has 7 heteroatoms. The molecule has 0 amide bonds. The molecule has 0 aliphatic heterocycles. The zero-order valence-corrected chi connectivity index (χ0v) is 9.01. The Labute approximate surface area is 94.9 Å². The lowest BCUT2D eigenvalue weighted by Gasteiger charge is -1.94. The number of halogens is 1. The van der Waals surface area contributed by atoms with Crippen LogP contribution in [0.15, 0.2) is 23.0 Å². The van der Waals surface area contributed by atoms with Crippen molar-refractivity contribution in [3.05, 3.63) is 29.4 Å². The summed E-state index contributed by atoms with van der Waals surface area (Å²) in [7, 11) is 0. The lowest BCUT2D eigenvalue weighted by atomic mass is 10.3. The van der Waals surface area contributed by atoms with Gasteiger partial charge in [-0.3, -0.25) is 4.40 Å². The van der Waals surface area contributed by atoms with E-state index in [9.17, 15) is 0 Å². The van der Waals surface area contributed by atoms with E-state index in [2.05, 4.69) is 20.3 Å². The Hall–Kier alpha value is -1.95. The highest BCUT2D eigenvalue weighted by molar-refractivity contribution is 6.29. The molecule has 3 aromatic rings. The maximum Gasteiger partial charge on any atom is 0.191 e. The molecule has 0 atom stereocenters. The Balaban J connectivity index is 2.25. The van der Waals surface area contributed by atoms with Crippen molar-refractivity contribution in [2.45, 2.75) is 6.92 Å². The van der Waals surface area contributed by atoms with Crippen LogP contribution in [-0.4, -0.2) is 24.7 Å². The predicted octanol–water partition coefficient (Wildman–Crippen LogP) is 1.74. The van der Waals surface area contributed by atoms with Gasteiger partial charge in [0.1, 0.15) is 17.2 Å². The van der Waals surface area contributed by atoms with E-state index in [1.54, 1.807) is 22.9 Å². The van der Waals surface area contributed by atoms with Crippen molar-refractivity contribution in [1.82, 2.24) is 24.7 Å². The van der Waals surface area contributed by atoms with Crippen LogP contribution in [0.5, 0.6) is 0 Å². The highest BCUT2D eigenvalue weighted by atomic mass is 35.5. The molecule has 0 N–H and O–H groups in total. The summed E-state index contributed by atoms with van der Waals surface area (Å²) in [6, 6.07) is 3.41. The van der Waals surface area contributed by atoms with Gasteiger partial charge in [-0.2, -0.15) is 0 Å². The van der Waals surface area contributed by atoms with Gasteiger partial charge in [0.25, 0.3) is 0 Å². The first-order valence-corrected chi connectivity index (χ1v) is 4.92. The molecule has 3 aromatic heterocycles. The van der Waals surface area contributed by atoms with E-state index in [1.807, 2.05) is 6.92 Å². The molecule has 0 bridgehead atoms. The minimum atomic E-state index is 0.378. The van der Waals surface area contributed by atoms with Crippen LogP contribution in [-0.2, 0) is 0 Å². The maximum atomic E-state index is 5.75. The largest absolute Gasteiger partial charge is 0.361 e. The van der Waals surface area contributed by atoms with E-state index in [0.29, 0.717) is 28.1 Å². The van der Waals surface area contributed by atoms with Crippen LogP contribution >= 0.6 is 11.6 Å². The Morgan fingerprint density at radius 1 is 1.31 bits per heavy atom. The molecular weight excluding hydrogens is 230 g/mol. The van der Waals surface area contributed by atoms with Gasteiger partial charge in [0.05, 0.1) is 0 Å². The van der Waals surface area contributed by atoms with Crippen molar-refractivity contribution in [2.24, 2.45) is 0 Å². The van der Waals surface area contributed by atoms with Crippen molar-refractivity contribution in [3.8, 4) is 11.5 Å². The summed E-state index contributed by atoms with van der Waals surface area (Å²) in [5, 5.41) is 12.2. The second-order valence-electron chi connectivity index (χ2n) is 3.29. The van der Waals surface area contributed by atoms with Gasteiger partial charge in [-0.05, 0) is 6.92 Å². The molecule has 3 heterocycles. The van der Waals surface area contributed by atoms with Gasteiger partial charge in [0.2, 0.25) is 0 Å². The zero-order valence-electron chi connectivity index (χ0n) is 8.25. The second kappa shape index (κ2) is 3.28. The van der Waals surface area contributed by atoms with Gasteiger partial charge in [0, 0.05) is 12.1 Å². The average molecular weight is 236 g/mol. The first kappa shape index (κ1) is 9.29. The van der Waals surface area contributed by atoms with Crippen LogP contribution in [0.2, 0.25) is 5.15 Å².